The van der Waals surface area contributed by atoms with Crippen LogP contribution in [0.2, 0.25) is 0 Å². The molecular weight excluding hydrogens is 779 g/mol. The molecule has 3 heterocycles. The average molecular weight is 834 g/mol. The van der Waals surface area contributed by atoms with Crippen molar-refractivity contribution in [1.29, 1.82) is 5.26 Å². The topological polar surface area (TPSA) is 225 Å². The van der Waals surface area contributed by atoms with E-state index >= 15 is 0 Å². The molecule has 1 saturated heterocycles. The van der Waals surface area contributed by atoms with Gasteiger partial charge in [0.25, 0.3) is 11.8 Å². The van der Waals surface area contributed by atoms with Gasteiger partial charge in [-0.05, 0) is 55.1 Å². The fraction of sp³-hybridized carbons (Fsp3) is 0.511. The van der Waals surface area contributed by atoms with Crippen LogP contribution in [-0.2, 0) is 24.0 Å². The van der Waals surface area contributed by atoms with Gasteiger partial charge in [-0.2, -0.15) is 5.26 Å². The van der Waals surface area contributed by atoms with Crippen molar-refractivity contribution < 1.29 is 33.5 Å². The number of pyridine rings is 1. The Balaban J connectivity index is 1.29. The van der Waals surface area contributed by atoms with Crippen LogP contribution >= 0.6 is 0 Å². The van der Waals surface area contributed by atoms with E-state index in [0.717, 1.165) is 37.7 Å². The maximum Gasteiger partial charge on any atom is 0.289 e. The smallest absolute Gasteiger partial charge is 0.289 e. The lowest BCUT2D eigenvalue weighted by Crippen LogP contribution is -2.62. The van der Waals surface area contributed by atoms with Crippen molar-refractivity contribution in [3.05, 3.63) is 72.4 Å². The van der Waals surface area contributed by atoms with Crippen molar-refractivity contribution in [2.45, 2.75) is 128 Å². The van der Waals surface area contributed by atoms with Crippen molar-refractivity contribution in [2.75, 3.05) is 6.54 Å². The Kier molecular flexibility index (Phi) is 14.4. The van der Waals surface area contributed by atoms with Crippen LogP contribution < -0.4 is 26.0 Å². The number of nitrogens with zero attached hydrogens (tertiary/aromatic N) is 5. The number of rotatable bonds is 16. The fourth-order valence-corrected chi connectivity index (χ4v) is 8.04. The van der Waals surface area contributed by atoms with E-state index in [1.807, 2.05) is 37.3 Å². The zero-order chi connectivity index (χ0) is 43.7. The molecule has 0 bridgehead atoms. The molecule has 2 aromatic heterocycles. The van der Waals surface area contributed by atoms with Gasteiger partial charge < -0.3 is 30.9 Å². The second-order valence-electron chi connectivity index (χ2n) is 17.2. The van der Waals surface area contributed by atoms with Gasteiger partial charge in [-0.15, -0.1) is 0 Å². The van der Waals surface area contributed by atoms with Gasteiger partial charge in [0.2, 0.25) is 29.4 Å². The van der Waals surface area contributed by atoms with E-state index in [-0.39, 0.29) is 48.5 Å². The van der Waals surface area contributed by atoms with Crippen LogP contribution in [0.3, 0.4) is 0 Å². The van der Waals surface area contributed by atoms with Crippen LogP contribution in [0.4, 0.5) is 0 Å². The monoisotopic (exact) mass is 833 g/mol. The molecule has 5 amide bonds. The minimum absolute atomic E-state index is 0.0212. The van der Waals surface area contributed by atoms with Crippen LogP contribution in [0.5, 0.6) is 5.88 Å². The van der Waals surface area contributed by atoms with Gasteiger partial charge in [-0.1, -0.05) is 83.7 Å². The molecule has 3 aromatic rings. The number of carbonyl (C=O) groups excluding carboxylic acids is 6. The summed E-state index contributed by atoms with van der Waals surface area (Å²) in [6, 6.07) is 8.58. The summed E-state index contributed by atoms with van der Waals surface area (Å²) < 4.78 is 6.37. The van der Waals surface area contributed by atoms with Crippen molar-refractivity contribution >= 4 is 35.3 Å². The molecule has 0 spiro atoms. The summed E-state index contributed by atoms with van der Waals surface area (Å²) in [4.78, 5) is 97.1. The molecular formula is C45H55N9O7. The van der Waals surface area contributed by atoms with E-state index < -0.39 is 71.0 Å². The number of aromatic nitrogens is 3. The molecule has 4 N–H and O–H groups in total. The molecule has 61 heavy (non-hydrogen) atoms. The van der Waals surface area contributed by atoms with E-state index in [0.29, 0.717) is 24.8 Å². The fourth-order valence-electron chi connectivity index (χ4n) is 8.04. The average Bonchev–Trinajstić information content (AvgIpc) is 3.99. The summed E-state index contributed by atoms with van der Waals surface area (Å²) >= 11 is 0. The predicted molar refractivity (Wildman–Crippen MR) is 223 cm³/mol. The number of amides is 5. The van der Waals surface area contributed by atoms with Gasteiger partial charge >= 0.3 is 0 Å². The number of ether oxygens (including phenoxy) is 1. The molecule has 3 fully saturated rings. The Morgan fingerprint density at radius 3 is 2.30 bits per heavy atom. The summed E-state index contributed by atoms with van der Waals surface area (Å²) in [6.45, 7) is 7.06. The number of hydrogen-bond donors (Lipinski definition) is 4. The molecule has 16 nitrogen and oxygen atoms in total. The second-order valence-corrected chi connectivity index (χ2v) is 17.2. The quantitative estimate of drug-likeness (QED) is 0.152. The standard InChI is InChI=1S/C45H55N9O7/c1-5-12-33(37(55)42(59)50-29-17-18-29)51-40(57)35-23-30(61-43-32(24-46)31(19-20-49-43)27-13-8-6-9-14-27)26-54(35)44(60)38(45(2,3)4)53-41(58)36(28-15-10-7-11-16-28)52-39(56)34-25-47-21-22-48-34/h6,8-9,13-14,19-22,25,28-30,33,35-36,38H,5,7,10-12,15-18,23,26H2,1-4H3,(H,50,59)(H,51,57)(H,52,56)(H,53,58)/t30-,33?,35?,36?,38?/m0/s1. The summed E-state index contributed by atoms with van der Waals surface area (Å²) in [6.07, 6.45) is 11.2. The maximum atomic E-state index is 15.0. The zero-order valence-electron chi connectivity index (χ0n) is 35.2. The van der Waals surface area contributed by atoms with E-state index in [4.69, 9.17) is 4.74 Å². The molecule has 16 heteroatoms. The van der Waals surface area contributed by atoms with E-state index in [9.17, 15) is 34.0 Å². The molecule has 322 valence electrons. The van der Waals surface area contributed by atoms with Crippen molar-refractivity contribution in [2.24, 2.45) is 11.3 Å². The molecule has 0 radical (unpaired) electrons. The van der Waals surface area contributed by atoms with Crippen molar-refractivity contribution in [3.63, 3.8) is 0 Å². The molecule has 1 aliphatic heterocycles. The third-order valence-corrected chi connectivity index (χ3v) is 11.5. The van der Waals surface area contributed by atoms with Gasteiger partial charge in [0, 0.05) is 36.6 Å². The Morgan fingerprint density at radius 2 is 1.66 bits per heavy atom. The number of nitrogens with one attached hydrogen (secondary N) is 4. The van der Waals surface area contributed by atoms with Gasteiger partial charge in [0.05, 0.1) is 18.8 Å². The van der Waals surface area contributed by atoms with Gasteiger partial charge in [-0.3, -0.25) is 33.8 Å². The first kappa shape index (κ1) is 44.3. The number of hydrogen-bond acceptors (Lipinski definition) is 11. The Bertz CT molecular complexity index is 2110. The summed E-state index contributed by atoms with van der Waals surface area (Å²) in [5, 5.41) is 21.6. The first-order valence-electron chi connectivity index (χ1n) is 21.2. The molecule has 4 unspecified atom stereocenters. The van der Waals surface area contributed by atoms with Gasteiger partial charge in [-0.25, -0.2) is 9.97 Å². The first-order valence-corrected chi connectivity index (χ1v) is 21.2. The van der Waals surface area contributed by atoms with Gasteiger partial charge in [0.1, 0.15) is 41.6 Å². The predicted octanol–water partition coefficient (Wildman–Crippen LogP) is 3.80. The first-order chi connectivity index (χ1) is 29.3. The highest BCUT2D eigenvalue weighted by atomic mass is 16.5. The largest absolute Gasteiger partial charge is 0.471 e. The SMILES string of the molecule is CCCC(NC(=O)C1C[C@H](Oc2nccc(-c3ccccc3)c2C#N)CN1C(=O)C(NC(=O)C(NC(=O)c1cnccn1)C1CCCCC1)C(C)(C)C)C(=O)C(=O)NC1CC1. The number of carbonyl (C=O) groups is 6. The number of likely N-dealkylation sites (tertiary alicyclic amines) is 1. The lowest BCUT2D eigenvalue weighted by atomic mass is 9.82. The minimum Gasteiger partial charge on any atom is -0.471 e. The second kappa shape index (κ2) is 19.9. The Hall–Kier alpha value is -6.24. The summed E-state index contributed by atoms with van der Waals surface area (Å²) in [7, 11) is 0. The lowest BCUT2D eigenvalue weighted by molar-refractivity contribution is -0.145. The summed E-state index contributed by atoms with van der Waals surface area (Å²) in [5.41, 5.74) is 0.678. The molecule has 6 rings (SSSR count). The van der Waals surface area contributed by atoms with Crippen molar-refractivity contribution in [1.82, 2.24) is 41.1 Å². The molecule has 3 aliphatic rings. The lowest BCUT2D eigenvalue weighted by Gasteiger charge is -2.37. The molecule has 2 saturated carbocycles. The van der Waals surface area contributed by atoms with Crippen molar-refractivity contribution in [3.8, 4) is 23.1 Å². The Labute approximate surface area is 356 Å². The van der Waals surface area contributed by atoms with E-state index in [1.54, 1.807) is 26.8 Å². The van der Waals surface area contributed by atoms with Crippen LogP contribution in [0.25, 0.3) is 11.1 Å². The maximum absolute atomic E-state index is 15.0. The molecule has 2 aliphatic carbocycles. The Morgan fingerprint density at radius 1 is 0.918 bits per heavy atom. The number of benzene rings is 1. The number of Topliss-reactive ketones (excluding diaryl/α,β-unsaturated/α-hetero) is 1. The molecule has 5 atom stereocenters. The van der Waals surface area contributed by atoms with E-state index in [1.165, 1.54) is 29.7 Å². The third kappa shape index (κ3) is 11.1. The highest BCUT2D eigenvalue weighted by Crippen LogP contribution is 2.33. The van der Waals surface area contributed by atoms with Crippen LogP contribution in [0, 0.1) is 22.7 Å². The molecule has 1 aromatic carbocycles. The van der Waals surface area contributed by atoms with Crippen LogP contribution in [0.15, 0.2) is 61.2 Å². The van der Waals surface area contributed by atoms with Gasteiger partial charge in [0.15, 0.2) is 0 Å². The normalized spacial score (nSPS) is 19.4. The summed E-state index contributed by atoms with van der Waals surface area (Å²) in [5.74, 6) is -4.12. The number of nitriles is 1. The minimum atomic E-state index is -1.20. The highest BCUT2D eigenvalue weighted by molar-refractivity contribution is 6.38. The highest BCUT2D eigenvalue weighted by Gasteiger charge is 2.47. The number of ketones is 1. The van der Waals surface area contributed by atoms with Crippen LogP contribution in [-0.4, -0.2) is 98.0 Å². The van der Waals surface area contributed by atoms with Crippen LogP contribution in [0.1, 0.15) is 108 Å². The third-order valence-electron chi connectivity index (χ3n) is 11.5. The van der Waals surface area contributed by atoms with E-state index in [2.05, 4.69) is 42.3 Å². The zero-order valence-corrected chi connectivity index (χ0v) is 35.2.